The molecule has 3 heterocycles. The Labute approximate surface area is 190 Å². The van der Waals surface area contributed by atoms with Crippen LogP contribution in [0, 0.1) is 6.92 Å². The average molecular weight is 442 g/mol. The van der Waals surface area contributed by atoms with Gasteiger partial charge in [-0.05, 0) is 51.8 Å². The number of aliphatic hydroxyl groups is 1. The maximum atomic E-state index is 9.94. The van der Waals surface area contributed by atoms with Crippen molar-refractivity contribution in [2.45, 2.75) is 44.8 Å². The van der Waals surface area contributed by atoms with Gasteiger partial charge in [0.05, 0.1) is 12.6 Å². The summed E-state index contributed by atoms with van der Waals surface area (Å²) in [6.07, 6.45) is 4.08. The van der Waals surface area contributed by atoms with E-state index in [0.717, 1.165) is 48.9 Å². The largest absolute Gasteiger partial charge is 0.491 e. The van der Waals surface area contributed by atoms with Crippen LogP contribution in [0.25, 0.3) is 11.4 Å². The molecule has 0 aliphatic carbocycles. The van der Waals surface area contributed by atoms with E-state index in [2.05, 4.69) is 22.5 Å². The highest BCUT2D eigenvalue weighted by Gasteiger charge is 2.22. The van der Waals surface area contributed by atoms with Gasteiger partial charge in [0.25, 0.3) is 0 Å². The fourth-order valence-electron chi connectivity index (χ4n) is 4.24. The highest BCUT2D eigenvalue weighted by Crippen LogP contribution is 2.31. The number of rotatable bonds is 9. The third-order valence-electron chi connectivity index (χ3n) is 6.02. The smallest absolute Gasteiger partial charge is 0.164 e. The number of hydrogen-bond donors (Lipinski definition) is 3. The quantitative estimate of drug-likeness (QED) is 0.547. The van der Waals surface area contributed by atoms with Gasteiger partial charge in [-0.15, -0.1) is 0 Å². The Kier molecular flexibility index (Phi) is 7.78. The number of nitrogens with zero attached hydrogens (tertiary/aromatic N) is 3. The maximum absolute atomic E-state index is 9.94. The van der Waals surface area contributed by atoms with Crippen molar-refractivity contribution >= 4 is 11.6 Å². The molecule has 2 saturated heterocycles. The van der Waals surface area contributed by atoms with Crippen molar-refractivity contribution in [3.8, 4) is 17.1 Å². The highest BCUT2D eigenvalue weighted by atomic mass is 16.5. The molecule has 0 radical (unpaired) electrons. The van der Waals surface area contributed by atoms with Crippen molar-refractivity contribution in [2.75, 3.05) is 56.7 Å². The Morgan fingerprint density at radius 2 is 2.09 bits per heavy atom. The van der Waals surface area contributed by atoms with Gasteiger partial charge in [0, 0.05) is 37.4 Å². The van der Waals surface area contributed by atoms with Crippen LogP contribution >= 0.6 is 0 Å². The summed E-state index contributed by atoms with van der Waals surface area (Å²) in [5.74, 6) is 3.26. The zero-order valence-corrected chi connectivity index (χ0v) is 19.1. The van der Waals surface area contributed by atoms with Gasteiger partial charge < -0.3 is 30.1 Å². The van der Waals surface area contributed by atoms with Crippen molar-refractivity contribution in [1.29, 1.82) is 0 Å². The fraction of sp³-hybridized carbons (Fsp3) is 0.583. The lowest BCUT2D eigenvalue weighted by molar-refractivity contribution is 0.108. The number of benzene rings is 1. The lowest BCUT2D eigenvalue weighted by Gasteiger charge is -2.30. The summed E-state index contributed by atoms with van der Waals surface area (Å²) >= 11 is 0. The van der Waals surface area contributed by atoms with E-state index >= 15 is 0 Å². The SMILES string of the molecule is CNCC(O)COc1cccc(-c2nc(N[C@H]3CCOC3)c(C)c(N3CCCCC3)n2)c1. The normalized spacial score (nSPS) is 19.7. The molecule has 32 heavy (non-hydrogen) atoms. The number of piperidine rings is 1. The molecule has 8 nitrogen and oxygen atoms in total. The summed E-state index contributed by atoms with van der Waals surface area (Å²) in [5, 5.41) is 16.5. The molecule has 3 N–H and O–H groups in total. The molecule has 1 unspecified atom stereocenters. The summed E-state index contributed by atoms with van der Waals surface area (Å²) in [7, 11) is 1.81. The zero-order valence-electron chi connectivity index (χ0n) is 19.1. The van der Waals surface area contributed by atoms with Crippen LogP contribution in [0.15, 0.2) is 24.3 Å². The van der Waals surface area contributed by atoms with Crippen LogP contribution in [-0.2, 0) is 4.74 Å². The lowest BCUT2D eigenvalue weighted by atomic mass is 10.1. The molecule has 2 aliphatic heterocycles. The molecule has 0 bridgehead atoms. The van der Waals surface area contributed by atoms with Crippen LogP contribution in [-0.4, -0.2) is 73.7 Å². The van der Waals surface area contributed by atoms with E-state index in [0.29, 0.717) is 24.7 Å². The highest BCUT2D eigenvalue weighted by molar-refractivity contribution is 5.67. The number of aromatic nitrogens is 2. The molecular formula is C24H35N5O3. The number of aliphatic hydroxyl groups excluding tert-OH is 1. The first-order valence-corrected chi connectivity index (χ1v) is 11.7. The molecule has 2 atom stereocenters. The molecule has 4 rings (SSSR count). The molecule has 8 heteroatoms. The van der Waals surface area contributed by atoms with Crippen LogP contribution in [0.4, 0.5) is 11.6 Å². The zero-order chi connectivity index (χ0) is 22.3. The Balaban J connectivity index is 1.62. The maximum Gasteiger partial charge on any atom is 0.164 e. The molecule has 0 saturated carbocycles. The van der Waals surface area contributed by atoms with E-state index in [1.807, 2.05) is 31.3 Å². The van der Waals surface area contributed by atoms with Crippen LogP contribution in [0.1, 0.15) is 31.2 Å². The Morgan fingerprint density at radius 3 is 2.84 bits per heavy atom. The summed E-state index contributed by atoms with van der Waals surface area (Å²) in [6.45, 7) is 6.36. The third-order valence-corrected chi connectivity index (χ3v) is 6.02. The van der Waals surface area contributed by atoms with E-state index < -0.39 is 6.10 Å². The Morgan fingerprint density at radius 1 is 1.25 bits per heavy atom. The van der Waals surface area contributed by atoms with E-state index in [4.69, 9.17) is 19.4 Å². The van der Waals surface area contributed by atoms with Gasteiger partial charge in [-0.3, -0.25) is 0 Å². The molecule has 0 amide bonds. The first-order chi connectivity index (χ1) is 15.6. The number of ether oxygens (including phenoxy) is 2. The van der Waals surface area contributed by atoms with Crippen LogP contribution in [0.3, 0.4) is 0 Å². The van der Waals surface area contributed by atoms with Crippen molar-refractivity contribution in [3.63, 3.8) is 0 Å². The average Bonchev–Trinajstić information content (AvgIpc) is 3.33. The second-order valence-electron chi connectivity index (χ2n) is 8.65. The van der Waals surface area contributed by atoms with Gasteiger partial charge in [-0.1, -0.05) is 12.1 Å². The molecule has 2 fully saturated rings. The van der Waals surface area contributed by atoms with Crippen molar-refractivity contribution in [2.24, 2.45) is 0 Å². The molecular weight excluding hydrogens is 406 g/mol. The predicted octanol–water partition coefficient (Wildman–Crippen LogP) is 2.60. The van der Waals surface area contributed by atoms with Gasteiger partial charge in [0.15, 0.2) is 5.82 Å². The van der Waals surface area contributed by atoms with Gasteiger partial charge in [-0.2, -0.15) is 0 Å². The van der Waals surface area contributed by atoms with Gasteiger partial charge in [-0.25, -0.2) is 9.97 Å². The minimum atomic E-state index is -0.561. The minimum absolute atomic E-state index is 0.229. The van der Waals surface area contributed by atoms with Crippen LogP contribution < -0.4 is 20.3 Å². The summed E-state index contributed by atoms with van der Waals surface area (Å²) in [4.78, 5) is 12.3. The fourth-order valence-corrected chi connectivity index (χ4v) is 4.24. The summed E-state index contributed by atoms with van der Waals surface area (Å²) < 4.78 is 11.4. The second-order valence-corrected chi connectivity index (χ2v) is 8.65. The van der Waals surface area contributed by atoms with E-state index in [-0.39, 0.29) is 12.6 Å². The number of anilines is 2. The number of nitrogens with one attached hydrogen (secondary N) is 2. The Hall–Kier alpha value is -2.42. The topological polar surface area (TPSA) is 91.8 Å². The minimum Gasteiger partial charge on any atom is -0.491 e. The van der Waals surface area contributed by atoms with Crippen LogP contribution in [0.2, 0.25) is 0 Å². The van der Waals surface area contributed by atoms with Crippen molar-refractivity contribution < 1.29 is 14.6 Å². The summed E-state index contributed by atoms with van der Waals surface area (Å²) in [6, 6.07) is 8.05. The first kappa shape index (κ1) is 22.8. The molecule has 2 aromatic rings. The van der Waals surface area contributed by atoms with Crippen molar-refractivity contribution in [3.05, 3.63) is 29.8 Å². The number of hydrogen-bond acceptors (Lipinski definition) is 8. The van der Waals surface area contributed by atoms with E-state index in [1.165, 1.54) is 19.3 Å². The van der Waals surface area contributed by atoms with E-state index in [1.54, 1.807) is 0 Å². The summed E-state index contributed by atoms with van der Waals surface area (Å²) in [5.41, 5.74) is 1.99. The predicted molar refractivity (Wildman–Crippen MR) is 127 cm³/mol. The van der Waals surface area contributed by atoms with Crippen LogP contribution in [0.5, 0.6) is 5.75 Å². The third kappa shape index (κ3) is 5.68. The molecule has 174 valence electrons. The van der Waals surface area contributed by atoms with Gasteiger partial charge in [0.1, 0.15) is 30.1 Å². The standard InChI is InChI=1S/C24H35N5O3/c1-17-22(26-19-9-12-31-15-19)27-23(28-24(17)29-10-4-3-5-11-29)18-7-6-8-21(13-18)32-16-20(30)14-25-2/h6-8,13,19-20,25,30H,3-5,9-12,14-16H2,1-2H3,(H,26,27,28)/t19-,20?/m0/s1. The Bertz CT molecular complexity index is 882. The lowest BCUT2D eigenvalue weighted by Crippen LogP contribution is -2.31. The first-order valence-electron chi connectivity index (χ1n) is 11.7. The monoisotopic (exact) mass is 441 g/mol. The number of likely N-dealkylation sites (N-methyl/N-ethyl adjacent to an activating group) is 1. The second kappa shape index (κ2) is 10.9. The van der Waals surface area contributed by atoms with E-state index in [9.17, 15) is 5.11 Å². The van der Waals surface area contributed by atoms with Gasteiger partial charge >= 0.3 is 0 Å². The van der Waals surface area contributed by atoms with Crippen molar-refractivity contribution in [1.82, 2.24) is 15.3 Å². The molecule has 2 aliphatic rings. The molecule has 0 spiro atoms. The van der Waals surface area contributed by atoms with Gasteiger partial charge in [0.2, 0.25) is 0 Å². The molecule has 1 aromatic carbocycles. The molecule has 1 aromatic heterocycles.